The van der Waals surface area contributed by atoms with Crippen molar-refractivity contribution in [3.8, 4) is 12.3 Å². The number of rotatable bonds is 6. The Bertz CT molecular complexity index is 198. The monoisotopic (exact) mass is 185 g/mol. The lowest BCUT2D eigenvalue weighted by Crippen LogP contribution is -2.36. The van der Waals surface area contributed by atoms with Crippen LogP contribution in [0.3, 0.4) is 0 Å². The molecule has 0 fully saturated rings. The van der Waals surface area contributed by atoms with Crippen LogP contribution in [-0.4, -0.2) is 46.8 Å². The van der Waals surface area contributed by atoms with Gasteiger partial charge in [0.1, 0.15) is 0 Å². The fourth-order valence-corrected chi connectivity index (χ4v) is 0.933. The van der Waals surface area contributed by atoms with Crippen molar-refractivity contribution in [2.45, 2.75) is 19.4 Å². The Morgan fingerprint density at radius 1 is 1.69 bits per heavy atom. The van der Waals surface area contributed by atoms with Crippen LogP contribution in [-0.2, 0) is 4.79 Å². The van der Waals surface area contributed by atoms with Crippen molar-refractivity contribution in [3.63, 3.8) is 0 Å². The summed E-state index contributed by atoms with van der Waals surface area (Å²) < 4.78 is 0. The molecule has 4 heteroatoms. The molecule has 0 bridgehead atoms. The van der Waals surface area contributed by atoms with Crippen LogP contribution in [0.5, 0.6) is 0 Å². The SMILES string of the molecule is C#CCN(CC(=O)O)CC(O)CC. The van der Waals surface area contributed by atoms with Crippen LogP contribution in [0.15, 0.2) is 0 Å². The first-order valence-corrected chi connectivity index (χ1v) is 4.15. The second kappa shape index (κ2) is 6.46. The zero-order valence-corrected chi connectivity index (χ0v) is 7.73. The Morgan fingerprint density at radius 3 is 2.69 bits per heavy atom. The van der Waals surface area contributed by atoms with Gasteiger partial charge in [0, 0.05) is 6.54 Å². The van der Waals surface area contributed by atoms with Crippen molar-refractivity contribution in [1.82, 2.24) is 4.90 Å². The van der Waals surface area contributed by atoms with E-state index in [1.807, 2.05) is 6.92 Å². The van der Waals surface area contributed by atoms with E-state index in [0.717, 1.165) is 0 Å². The highest BCUT2D eigenvalue weighted by atomic mass is 16.4. The molecule has 0 aliphatic heterocycles. The van der Waals surface area contributed by atoms with Crippen LogP contribution >= 0.6 is 0 Å². The maximum Gasteiger partial charge on any atom is 0.317 e. The predicted molar refractivity (Wildman–Crippen MR) is 49.2 cm³/mol. The minimum Gasteiger partial charge on any atom is -0.480 e. The van der Waals surface area contributed by atoms with Crippen molar-refractivity contribution < 1.29 is 15.0 Å². The van der Waals surface area contributed by atoms with Gasteiger partial charge in [0.15, 0.2) is 0 Å². The molecule has 0 rings (SSSR count). The third-order valence-corrected chi connectivity index (χ3v) is 1.61. The second-order valence-electron chi connectivity index (χ2n) is 2.83. The first-order valence-electron chi connectivity index (χ1n) is 4.15. The first-order chi connectivity index (χ1) is 6.10. The Labute approximate surface area is 78.2 Å². The summed E-state index contributed by atoms with van der Waals surface area (Å²) in [6.45, 7) is 2.27. The van der Waals surface area contributed by atoms with E-state index in [4.69, 9.17) is 11.5 Å². The number of carbonyl (C=O) groups is 1. The van der Waals surface area contributed by atoms with Crippen molar-refractivity contribution in [2.24, 2.45) is 0 Å². The summed E-state index contributed by atoms with van der Waals surface area (Å²) in [5.41, 5.74) is 0. The molecule has 0 aliphatic carbocycles. The lowest BCUT2D eigenvalue weighted by molar-refractivity contribution is -0.138. The first kappa shape index (κ1) is 11.9. The maximum absolute atomic E-state index is 10.4. The van der Waals surface area contributed by atoms with Gasteiger partial charge in [0.05, 0.1) is 19.2 Å². The van der Waals surface area contributed by atoms with Crippen LogP contribution in [0.1, 0.15) is 13.3 Å². The summed E-state index contributed by atoms with van der Waals surface area (Å²) in [6.07, 6.45) is 5.15. The number of carboxylic acid groups (broad SMARTS) is 1. The molecule has 1 unspecified atom stereocenters. The average Bonchev–Trinajstić information content (AvgIpc) is 2.03. The molecule has 0 aliphatic rings. The zero-order chi connectivity index (χ0) is 10.3. The third-order valence-electron chi connectivity index (χ3n) is 1.61. The van der Waals surface area contributed by atoms with E-state index in [1.165, 1.54) is 4.90 Å². The summed E-state index contributed by atoms with van der Waals surface area (Å²) in [5.74, 6) is 1.42. The van der Waals surface area contributed by atoms with E-state index < -0.39 is 12.1 Å². The zero-order valence-electron chi connectivity index (χ0n) is 7.73. The summed E-state index contributed by atoms with van der Waals surface area (Å²) >= 11 is 0. The number of carboxylic acids is 1. The van der Waals surface area contributed by atoms with Gasteiger partial charge in [-0.2, -0.15) is 0 Å². The van der Waals surface area contributed by atoms with Crippen molar-refractivity contribution in [2.75, 3.05) is 19.6 Å². The topological polar surface area (TPSA) is 60.8 Å². The molecular formula is C9H15NO3. The molecule has 1 atom stereocenters. The van der Waals surface area contributed by atoms with Crippen LogP contribution in [0.4, 0.5) is 0 Å². The van der Waals surface area contributed by atoms with Gasteiger partial charge in [-0.3, -0.25) is 9.69 Å². The summed E-state index contributed by atoms with van der Waals surface area (Å²) in [7, 11) is 0. The number of aliphatic carboxylic acids is 1. The number of hydrogen-bond donors (Lipinski definition) is 2. The van der Waals surface area contributed by atoms with Crippen molar-refractivity contribution >= 4 is 5.97 Å². The molecule has 0 amide bonds. The van der Waals surface area contributed by atoms with E-state index in [9.17, 15) is 9.90 Å². The number of terminal acetylenes is 1. The molecule has 0 saturated carbocycles. The molecule has 4 nitrogen and oxygen atoms in total. The fourth-order valence-electron chi connectivity index (χ4n) is 0.933. The molecule has 0 heterocycles. The smallest absolute Gasteiger partial charge is 0.317 e. The Hall–Kier alpha value is -1.05. The number of nitrogens with zero attached hydrogens (tertiary/aromatic N) is 1. The average molecular weight is 185 g/mol. The van der Waals surface area contributed by atoms with Gasteiger partial charge < -0.3 is 10.2 Å². The van der Waals surface area contributed by atoms with Gasteiger partial charge in [0.25, 0.3) is 0 Å². The summed E-state index contributed by atoms with van der Waals surface area (Å²) in [6, 6.07) is 0. The fraction of sp³-hybridized carbons (Fsp3) is 0.667. The summed E-state index contributed by atoms with van der Waals surface area (Å²) in [4.78, 5) is 11.9. The van der Waals surface area contributed by atoms with E-state index in [1.54, 1.807) is 0 Å². The van der Waals surface area contributed by atoms with Crippen molar-refractivity contribution in [1.29, 1.82) is 0 Å². The standard InChI is InChI=1S/C9H15NO3/c1-3-5-10(7-9(12)13)6-8(11)4-2/h1,8,11H,4-7H2,2H3,(H,12,13). The van der Waals surface area contributed by atoms with Crippen LogP contribution in [0.25, 0.3) is 0 Å². The molecule has 0 radical (unpaired) electrons. The quantitative estimate of drug-likeness (QED) is 0.561. The van der Waals surface area contributed by atoms with Gasteiger partial charge in [0.2, 0.25) is 0 Å². The van der Waals surface area contributed by atoms with Gasteiger partial charge in [-0.05, 0) is 6.42 Å². The Morgan fingerprint density at radius 2 is 2.31 bits per heavy atom. The molecular weight excluding hydrogens is 170 g/mol. The second-order valence-corrected chi connectivity index (χ2v) is 2.83. The summed E-state index contributed by atoms with van der Waals surface area (Å²) in [5, 5.41) is 17.8. The maximum atomic E-state index is 10.4. The third kappa shape index (κ3) is 6.14. The van der Waals surface area contributed by atoms with Gasteiger partial charge in [-0.15, -0.1) is 6.42 Å². The largest absolute Gasteiger partial charge is 0.480 e. The van der Waals surface area contributed by atoms with Gasteiger partial charge in [-0.25, -0.2) is 0 Å². The van der Waals surface area contributed by atoms with E-state index >= 15 is 0 Å². The van der Waals surface area contributed by atoms with Gasteiger partial charge in [-0.1, -0.05) is 12.8 Å². The highest BCUT2D eigenvalue weighted by Gasteiger charge is 2.11. The van der Waals surface area contributed by atoms with Gasteiger partial charge >= 0.3 is 5.97 Å². The number of aliphatic hydroxyl groups is 1. The Balaban J connectivity index is 3.94. The molecule has 0 aromatic carbocycles. The molecule has 0 saturated heterocycles. The number of aliphatic hydroxyl groups excluding tert-OH is 1. The van der Waals surface area contributed by atoms with E-state index in [2.05, 4.69) is 5.92 Å². The number of hydrogen-bond acceptors (Lipinski definition) is 3. The molecule has 74 valence electrons. The normalized spacial score (nSPS) is 12.5. The molecule has 13 heavy (non-hydrogen) atoms. The predicted octanol–water partition coefficient (Wildman–Crippen LogP) is -0.223. The van der Waals surface area contributed by atoms with Crippen LogP contribution in [0, 0.1) is 12.3 Å². The van der Waals surface area contributed by atoms with E-state index in [-0.39, 0.29) is 13.1 Å². The van der Waals surface area contributed by atoms with Crippen molar-refractivity contribution in [3.05, 3.63) is 0 Å². The molecule has 0 aromatic rings. The lowest BCUT2D eigenvalue weighted by atomic mass is 10.2. The highest BCUT2D eigenvalue weighted by molar-refractivity contribution is 5.69. The lowest BCUT2D eigenvalue weighted by Gasteiger charge is -2.19. The molecule has 0 spiro atoms. The molecule has 0 aromatic heterocycles. The molecule has 2 N–H and O–H groups in total. The van der Waals surface area contributed by atoms with E-state index in [0.29, 0.717) is 13.0 Å². The minimum atomic E-state index is -0.932. The van der Waals surface area contributed by atoms with Crippen LogP contribution < -0.4 is 0 Å². The minimum absolute atomic E-state index is 0.124. The van der Waals surface area contributed by atoms with Crippen LogP contribution in [0.2, 0.25) is 0 Å². The highest BCUT2D eigenvalue weighted by Crippen LogP contribution is 1.95. The Kier molecular flexibility index (Phi) is 5.94.